The van der Waals surface area contributed by atoms with Gasteiger partial charge in [0.15, 0.2) is 0 Å². The fraction of sp³-hybridized carbons (Fsp3) is 0.286. The summed E-state index contributed by atoms with van der Waals surface area (Å²) in [5.41, 5.74) is 1.02. The number of hydrogen-bond acceptors (Lipinski definition) is 3. The molecule has 2 aromatic rings. The van der Waals surface area contributed by atoms with Gasteiger partial charge in [-0.1, -0.05) is 12.1 Å². The number of hydrogen-bond donors (Lipinski definition) is 1. The second kappa shape index (κ2) is 6.34. The molecular weight excluding hydrogens is 280 g/mol. The highest BCUT2D eigenvalue weighted by Gasteiger charge is 2.19. The van der Waals surface area contributed by atoms with Gasteiger partial charge in [-0.15, -0.1) is 0 Å². The van der Waals surface area contributed by atoms with Gasteiger partial charge in [0.05, 0.1) is 5.69 Å². The summed E-state index contributed by atoms with van der Waals surface area (Å²) in [7, 11) is 0. The van der Waals surface area contributed by atoms with E-state index in [2.05, 4.69) is 15.2 Å². The van der Waals surface area contributed by atoms with Crippen LogP contribution in [0.3, 0.4) is 0 Å². The maximum Gasteiger partial charge on any atom is 0.387 e. The van der Waals surface area contributed by atoms with Gasteiger partial charge in [-0.25, -0.2) is 0 Å². The highest BCUT2D eigenvalue weighted by Crippen LogP contribution is 2.26. The van der Waals surface area contributed by atoms with Crippen molar-refractivity contribution in [2.75, 3.05) is 5.32 Å². The van der Waals surface area contributed by atoms with Crippen molar-refractivity contribution in [3.05, 3.63) is 42.2 Å². The first-order valence-corrected chi connectivity index (χ1v) is 6.34. The number of halogens is 2. The number of aromatic nitrogens is 2. The van der Waals surface area contributed by atoms with Crippen molar-refractivity contribution in [1.82, 2.24) is 9.78 Å². The number of rotatable bonds is 5. The van der Waals surface area contributed by atoms with Gasteiger partial charge in [0.2, 0.25) is 5.91 Å². The Balaban J connectivity index is 2.15. The number of nitrogens with zero attached hydrogens (tertiary/aromatic N) is 2. The Morgan fingerprint density at radius 3 is 2.67 bits per heavy atom. The molecule has 112 valence electrons. The number of benzene rings is 1. The summed E-state index contributed by atoms with van der Waals surface area (Å²) in [5, 5.41) is 6.63. The summed E-state index contributed by atoms with van der Waals surface area (Å²) in [6.07, 6.45) is 1.59. The van der Waals surface area contributed by atoms with Crippen LogP contribution in [0.15, 0.2) is 36.5 Å². The predicted molar refractivity (Wildman–Crippen MR) is 73.4 cm³/mol. The average molecular weight is 295 g/mol. The predicted octanol–water partition coefficient (Wildman–Crippen LogP) is 2.99. The van der Waals surface area contributed by atoms with E-state index >= 15 is 0 Å². The molecule has 1 atom stereocenters. The molecule has 1 heterocycles. The minimum atomic E-state index is -2.95. The summed E-state index contributed by atoms with van der Waals surface area (Å²) < 4.78 is 30.6. The summed E-state index contributed by atoms with van der Waals surface area (Å²) in [4.78, 5) is 12.2. The molecule has 0 bridgehead atoms. The Kier molecular flexibility index (Phi) is 4.52. The Morgan fingerprint density at radius 1 is 1.33 bits per heavy atom. The number of ether oxygens (including phenoxy) is 1. The molecule has 0 aliphatic rings. The molecule has 1 N–H and O–H groups in total. The lowest BCUT2D eigenvalue weighted by atomic mass is 10.2. The van der Waals surface area contributed by atoms with E-state index in [0.717, 1.165) is 5.69 Å². The van der Waals surface area contributed by atoms with Crippen molar-refractivity contribution >= 4 is 11.6 Å². The van der Waals surface area contributed by atoms with Crippen molar-refractivity contribution < 1.29 is 18.3 Å². The van der Waals surface area contributed by atoms with Crippen LogP contribution in [0.2, 0.25) is 0 Å². The third kappa shape index (κ3) is 3.56. The van der Waals surface area contributed by atoms with Gasteiger partial charge in [0.1, 0.15) is 11.8 Å². The number of aryl methyl sites for hydroxylation is 1. The Labute approximate surface area is 120 Å². The smallest absolute Gasteiger partial charge is 0.387 e. The molecule has 5 nitrogen and oxygen atoms in total. The van der Waals surface area contributed by atoms with Gasteiger partial charge in [0.25, 0.3) is 0 Å². The van der Waals surface area contributed by atoms with Crippen molar-refractivity contribution in [3.63, 3.8) is 0 Å². The van der Waals surface area contributed by atoms with E-state index < -0.39 is 12.7 Å². The third-order valence-electron chi connectivity index (χ3n) is 2.98. The van der Waals surface area contributed by atoms with Gasteiger partial charge in [-0.2, -0.15) is 13.9 Å². The molecule has 0 saturated heterocycles. The minimum Gasteiger partial charge on any atom is -0.433 e. The molecular formula is C14H15F2N3O2. The van der Waals surface area contributed by atoms with E-state index in [0.29, 0.717) is 0 Å². The summed E-state index contributed by atoms with van der Waals surface area (Å²) in [6.45, 7) is 0.546. The Hall–Kier alpha value is -2.44. The van der Waals surface area contributed by atoms with Crippen LogP contribution in [-0.4, -0.2) is 22.3 Å². The van der Waals surface area contributed by atoms with Gasteiger partial charge in [0, 0.05) is 11.9 Å². The number of para-hydroxylation sites is 2. The second-order valence-corrected chi connectivity index (χ2v) is 4.46. The number of carbonyl (C=O) groups is 1. The van der Waals surface area contributed by atoms with Crippen LogP contribution in [0, 0.1) is 6.92 Å². The number of nitrogens with one attached hydrogen (secondary N) is 1. The zero-order valence-corrected chi connectivity index (χ0v) is 11.6. The quantitative estimate of drug-likeness (QED) is 0.922. The highest BCUT2D eigenvalue weighted by atomic mass is 19.3. The van der Waals surface area contributed by atoms with Gasteiger partial charge in [-0.05, 0) is 32.0 Å². The van der Waals surface area contributed by atoms with Crippen LogP contribution < -0.4 is 10.1 Å². The SMILES string of the molecule is Cc1ccnn1[C@@H](C)C(=O)Nc1ccccc1OC(F)F. The van der Waals surface area contributed by atoms with E-state index in [1.807, 2.05) is 6.92 Å². The lowest BCUT2D eigenvalue weighted by molar-refractivity contribution is -0.119. The summed E-state index contributed by atoms with van der Waals surface area (Å²) in [6, 6.07) is 7.24. The number of alkyl halides is 2. The molecule has 0 fully saturated rings. The molecule has 7 heteroatoms. The topological polar surface area (TPSA) is 56.2 Å². The van der Waals surface area contributed by atoms with Crippen LogP contribution in [0.5, 0.6) is 5.75 Å². The van der Waals surface area contributed by atoms with Crippen molar-refractivity contribution in [1.29, 1.82) is 0 Å². The number of amides is 1. The molecule has 0 aliphatic heterocycles. The van der Waals surface area contributed by atoms with Gasteiger partial charge < -0.3 is 10.1 Å². The van der Waals surface area contributed by atoms with Crippen molar-refractivity contribution in [3.8, 4) is 5.75 Å². The van der Waals surface area contributed by atoms with Crippen LogP contribution in [-0.2, 0) is 4.79 Å². The van der Waals surface area contributed by atoms with Crippen LogP contribution in [0.4, 0.5) is 14.5 Å². The van der Waals surface area contributed by atoms with Crippen LogP contribution in [0.1, 0.15) is 18.7 Å². The van der Waals surface area contributed by atoms with E-state index in [-0.39, 0.29) is 17.3 Å². The van der Waals surface area contributed by atoms with Gasteiger partial charge >= 0.3 is 6.61 Å². The molecule has 0 radical (unpaired) electrons. The third-order valence-corrected chi connectivity index (χ3v) is 2.98. The first kappa shape index (κ1) is 15.0. The van der Waals surface area contributed by atoms with Crippen LogP contribution >= 0.6 is 0 Å². The van der Waals surface area contributed by atoms with E-state index in [4.69, 9.17) is 0 Å². The zero-order chi connectivity index (χ0) is 15.4. The molecule has 2 rings (SSSR count). The molecule has 1 aromatic carbocycles. The van der Waals surface area contributed by atoms with E-state index in [1.54, 1.807) is 36.0 Å². The monoisotopic (exact) mass is 295 g/mol. The number of carbonyl (C=O) groups excluding carboxylic acids is 1. The summed E-state index contributed by atoms with van der Waals surface area (Å²) in [5.74, 6) is -0.447. The van der Waals surface area contributed by atoms with E-state index in [9.17, 15) is 13.6 Å². The minimum absolute atomic E-state index is 0.0785. The normalized spacial score (nSPS) is 12.2. The van der Waals surface area contributed by atoms with Gasteiger partial charge in [-0.3, -0.25) is 9.48 Å². The fourth-order valence-corrected chi connectivity index (χ4v) is 1.90. The first-order valence-electron chi connectivity index (χ1n) is 6.34. The maximum atomic E-state index is 12.3. The molecule has 1 amide bonds. The average Bonchev–Trinajstić information content (AvgIpc) is 2.85. The number of anilines is 1. The molecule has 0 saturated carbocycles. The van der Waals surface area contributed by atoms with Crippen LogP contribution in [0.25, 0.3) is 0 Å². The van der Waals surface area contributed by atoms with Crippen molar-refractivity contribution in [2.24, 2.45) is 0 Å². The highest BCUT2D eigenvalue weighted by molar-refractivity contribution is 5.94. The fourth-order valence-electron chi connectivity index (χ4n) is 1.90. The Bertz CT molecular complexity index is 628. The zero-order valence-electron chi connectivity index (χ0n) is 11.6. The van der Waals surface area contributed by atoms with Crippen molar-refractivity contribution in [2.45, 2.75) is 26.5 Å². The Morgan fingerprint density at radius 2 is 2.05 bits per heavy atom. The lowest BCUT2D eigenvalue weighted by Gasteiger charge is -2.16. The van der Waals surface area contributed by atoms with E-state index in [1.165, 1.54) is 12.1 Å². The summed E-state index contributed by atoms with van der Waals surface area (Å²) >= 11 is 0. The molecule has 21 heavy (non-hydrogen) atoms. The maximum absolute atomic E-state index is 12.3. The lowest BCUT2D eigenvalue weighted by Crippen LogP contribution is -2.25. The molecule has 0 spiro atoms. The molecule has 0 unspecified atom stereocenters. The first-order chi connectivity index (χ1) is 9.99. The molecule has 0 aliphatic carbocycles. The second-order valence-electron chi connectivity index (χ2n) is 4.46. The standard InChI is InChI=1S/C14H15F2N3O2/c1-9-7-8-17-19(9)10(2)13(20)18-11-5-3-4-6-12(11)21-14(15)16/h3-8,10,14H,1-2H3,(H,18,20)/t10-/m0/s1. The largest absolute Gasteiger partial charge is 0.433 e. The molecule has 1 aromatic heterocycles.